The van der Waals surface area contributed by atoms with Crippen LogP contribution in [0.15, 0.2) is 40.8 Å². The van der Waals surface area contributed by atoms with Crippen LogP contribution in [0, 0.1) is 0 Å². The number of piperidine rings is 1. The molecule has 1 unspecified atom stereocenters. The summed E-state index contributed by atoms with van der Waals surface area (Å²) in [6, 6.07) is 11.4. The Labute approximate surface area is 201 Å². The Bertz CT molecular complexity index is 894. The fourth-order valence-electron chi connectivity index (χ4n) is 4.69. The molecule has 3 heterocycles. The van der Waals surface area contributed by atoms with Gasteiger partial charge in [-0.2, -0.15) is 0 Å². The van der Waals surface area contributed by atoms with Crippen LogP contribution in [0.1, 0.15) is 50.5 Å². The van der Waals surface area contributed by atoms with Gasteiger partial charge in [0.05, 0.1) is 19.6 Å². The highest BCUT2D eigenvalue weighted by atomic mass is 35.5. The van der Waals surface area contributed by atoms with Crippen molar-refractivity contribution in [1.29, 1.82) is 0 Å². The third-order valence-corrected chi connectivity index (χ3v) is 6.67. The van der Waals surface area contributed by atoms with Gasteiger partial charge in [0.15, 0.2) is 0 Å². The molecule has 7 heteroatoms. The van der Waals surface area contributed by atoms with E-state index in [1.54, 1.807) is 12.1 Å². The first-order chi connectivity index (χ1) is 16.0. The quantitative estimate of drug-likeness (QED) is 0.515. The summed E-state index contributed by atoms with van der Waals surface area (Å²) in [6.07, 6.45) is 5.68. The van der Waals surface area contributed by atoms with E-state index < -0.39 is 5.60 Å². The molecule has 180 valence electrons. The van der Waals surface area contributed by atoms with Crippen LogP contribution in [0.25, 0.3) is 0 Å². The van der Waals surface area contributed by atoms with E-state index in [1.165, 1.54) is 6.42 Å². The van der Waals surface area contributed by atoms with Gasteiger partial charge < -0.3 is 18.8 Å². The second-order valence-corrected chi connectivity index (χ2v) is 9.66. The fraction of sp³-hybridized carbons (Fsp3) is 0.577. The number of benzene rings is 1. The van der Waals surface area contributed by atoms with E-state index in [0.717, 1.165) is 62.6 Å². The summed E-state index contributed by atoms with van der Waals surface area (Å²) in [6.45, 7) is 6.80. The molecule has 2 fully saturated rings. The molecule has 0 radical (unpaired) electrons. The van der Waals surface area contributed by atoms with Crippen molar-refractivity contribution in [3.05, 3.63) is 52.9 Å². The maximum atomic E-state index is 13.2. The van der Waals surface area contributed by atoms with Crippen LogP contribution in [0.4, 0.5) is 0 Å². The van der Waals surface area contributed by atoms with Gasteiger partial charge in [0.1, 0.15) is 29.5 Å². The molecule has 0 bridgehead atoms. The van der Waals surface area contributed by atoms with Crippen molar-refractivity contribution in [3.63, 3.8) is 0 Å². The molecule has 1 atom stereocenters. The fourth-order valence-corrected chi connectivity index (χ4v) is 4.81. The summed E-state index contributed by atoms with van der Waals surface area (Å²) in [7, 11) is 0. The zero-order chi connectivity index (χ0) is 23.1. The summed E-state index contributed by atoms with van der Waals surface area (Å²) in [5.74, 6) is 2.85. The molecule has 0 N–H and O–H groups in total. The van der Waals surface area contributed by atoms with Gasteiger partial charge >= 0.3 is 0 Å². The summed E-state index contributed by atoms with van der Waals surface area (Å²) >= 11 is 6.01. The molecule has 6 nitrogen and oxygen atoms in total. The number of ether oxygens (including phenoxy) is 2. The highest BCUT2D eigenvalue weighted by Crippen LogP contribution is 2.28. The van der Waals surface area contributed by atoms with Gasteiger partial charge in [-0.1, -0.05) is 18.5 Å². The van der Waals surface area contributed by atoms with Crippen molar-refractivity contribution < 1.29 is 18.7 Å². The molecule has 2 aromatic rings. The van der Waals surface area contributed by atoms with Gasteiger partial charge in [-0.25, -0.2) is 0 Å². The predicted octanol–water partition coefficient (Wildman–Crippen LogP) is 4.94. The third kappa shape index (κ3) is 6.75. The summed E-state index contributed by atoms with van der Waals surface area (Å²) < 4.78 is 18.4. The van der Waals surface area contributed by atoms with Crippen molar-refractivity contribution in [3.8, 4) is 5.75 Å². The highest BCUT2D eigenvalue weighted by molar-refractivity contribution is 6.30. The minimum absolute atomic E-state index is 0.152. The molecule has 1 aromatic carbocycles. The molecule has 2 aliphatic heterocycles. The average Bonchev–Trinajstić information content (AvgIpc) is 3.26. The van der Waals surface area contributed by atoms with Crippen molar-refractivity contribution in [2.45, 2.75) is 57.6 Å². The standard InChI is InChI=1S/C26H35ClN2O4/c1-2-6-23-11-12-24(33-23)18-28-15-16-32-26(19-28,17-25(30)29-13-4-3-5-14-29)20-31-22-9-7-21(27)8-10-22/h7-12H,2-6,13-20H2,1H3. The van der Waals surface area contributed by atoms with Crippen LogP contribution in [-0.2, 0) is 22.5 Å². The number of furan rings is 1. The number of likely N-dealkylation sites (tertiary alicyclic amines) is 1. The Hall–Kier alpha value is -2.02. The van der Waals surface area contributed by atoms with Crippen LogP contribution < -0.4 is 4.74 Å². The van der Waals surface area contributed by atoms with E-state index in [-0.39, 0.29) is 5.91 Å². The highest BCUT2D eigenvalue weighted by Gasteiger charge is 2.41. The molecule has 0 spiro atoms. The van der Waals surface area contributed by atoms with E-state index >= 15 is 0 Å². The van der Waals surface area contributed by atoms with Crippen LogP contribution >= 0.6 is 11.6 Å². The van der Waals surface area contributed by atoms with E-state index in [2.05, 4.69) is 24.0 Å². The van der Waals surface area contributed by atoms with Crippen LogP contribution in [0.2, 0.25) is 5.02 Å². The van der Waals surface area contributed by atoms with Crippen molar-refractivity contribution in [2.75, 3.05) is 39.4 Å². The lowest BCUT2D eigenvalue weighted by Crippen LogP contribution is -2.57. The third-order valence-electron chi connectivity index (χ3n) is 6.42. The number of halogens is 1. The van der Waals surface area contributed by atoms with Crippen LogP contribution in [0.5, 0.6) is 5.75 Å². The maximum Gasteiger partial charge on any atom is 0.225 e. The monoisotopic (exact) mass is 474 g/mol. The molecule has 1 amide bonds. The molecular weight excluding hydrogens is 440 g/mol. The zero-order valence-corrected chi connectivity index (χ0v) is 20.3. The SMILES string of the molecule is CCCc1ccc(CN2CCOC(COc3ccc(Cl)cc3)(CC(=O)N3CCCCC3)C2)o1. The number of hydrogen-bond donors (Lipinski definition) is 0. The summed E-state index contributed by atoms with van der Waals surface area (Å²) in [5, 5.41) is 0.665. The Morgan fingerprint density at radius 3 is 2.58 bits per heavy atom. The minimum atomic E-state index is -0.703. The number of amides is 1. The number of nitrogens with zero attached hydrogens (tertiary/aromatic N) is 2. The number of morpholine rings is 1. The Morgan fingerprint density at radius 1 is 1.06 bits per heavy atom. The minimum Gasteiger partial charge on any atom is -0.491 e. The topological polar surface area (TPSA) is 55.2 Å². The molecule has 0 aliphatic carbocycles. The molecule has 0 saturated carbocycles. The Kier molecular flexibility index (Phi) is 8.34. The maximum absolute atomic E-state index is 13.2. The zero-order valence-electron chi connectivity index (χ0n) is 19.6. The van der Waals surface area contributed by atoms with Gasteiger partial charge in [-0.3, -0.25) is 9.69 Å². The molecule has 4 rings (SSSR count). The van der Waals surface area contributed by atoms with Gasteiger partial charge in [0, 0.05) is 37.6 Å². The first kappa shape index (κ1) is 24.1. The molecule has 1 aromatic heterocycles. The van der Waals surface area contributed by atoms with Gasteiger partial charge in [0.2, 0.25) is 5.91 Å². The molecule has 2 aliphatic rings. The molecular formula is C26H35ClN2O4. The van der Waals surface area contributed by atoms with Gasteiger partial charge in [0.25, 0.3) is 0 Å². The number of rotatable bonds is 9. The smallest absolute Gasteiger partial charge is 0.225 e. The van der Waals surface area contributed by atoms with Gasteiger partial charge in [-0.05, 0) is 62.1 Å². The van der Waals surface area contributed by atoms with Crippen LogP contribution in [-0.4, -0.2) is 60.7 Å². The second-order valence-electron chi connectivity index (χ2n) is 9.22. The van der Waals surface area contributed by atoms with Crippen molar-refractivity contribution in [1.82, 2.24) is 9.80 Å². The number of hydrogen-bond acceptors (Lipinski definition) is 5. The van der Waals surface area contributed by atoms with E-state index in [4.69, 9.17) is 25.5 Å². The van der Waals surface area contributed by atoms with E-state index in [9.17, 15) is 4.79 Å². The predicted molar refractivity (Wildman–Crippen MR) is 129 cm³/mol. The largest absolute Gasteiger partial charge is 0.491 e. The normalized spacial score (nSPS) is 21.8. The Balaban J connectivity index is 1.46. The Morgan fingerprint density at radius 2 is 1.82 bits per heavy atom. The number of carbonyl (C=O) groups is 1. The van der Waals surface area contributed by atoms with E-state index in [1.807, 2.05) is 17.0 Å². The first-order valence-electron chi connectivity index (χ1n) is 12.2. The number of aryl methyl sites for hydroxylation is 1. The number of carbonyl (C=O) groups excluding carboxylic acids is 1. The lowest BCUT2D eigenvalue weighted by atomic mass is 9.96. The first-order valence-corrected chi connectivity index (χ1v) is 12.5. The van der Waals surface area contributed by atoms with Crippen LogP contribution in [0.3, 0.4) is 0 Å². The lowest BCUT2D eigenvalue weighted by Gasteiger charge is -2.43. The lowest BCUT2D eigenvalue weighted by molar-refractivity contribution is -0.157. The average molecular weight is 475 g/mol. The van der Waals surface area contributed by atoms with Crippen molar-refractivity contribution >= 4 is 17.5 Å². The van der Waals surface area contributed by atoms with Gasteiger partial charge in [-0.15, -0.1) is 0 Å². The summed E-state index contributed by atoms with van der Waals surface area (Å²) in [5.41, 5.74) is -0.703. The second kappa shape index (κ2) is 11.4. The van der Waals surface area contributed by atoms with Crippen molar-refractivity contribution in [2.24, 2.45) is 0 Å². The molecule has 2 saturated heterocycles. The van der Waals surface area contributed by atoms with E-state index in [0.29, 0.717) is 37.7 Å². The summed E-state index contributed by atoms with van der Waals surface area (Å²) in [4.78, 5) is 17.5. The molecule has 33 heavy (non-hydrogen) atoms.